The second-order valence-electron chi connectivity index (χ2n) is 7.17. The summed E-state index contributed by atoms with van der Waals surface area (Å²) in [6.45, 7) is 3.56. The molecule has 0 fully saturated rings. The molecule has 3 rings (SSSR count). The lowest BCUT2D eigenvalue weighted by Gasteiger charge is -2.12. The number of nitrogens with one attached hydrogen (secondary N) is 1. The number of fused-ring (bicyclic) bond motifs is 1. The van der Waals surface area contributed by atoms with Gasteiger partial charge < -0.3 is 15.0 Å². The van der Waals surface area contributed by atoms with Gasteiger partial charge in [0.05, 0.1) is 11.1 Å². The SMILES string of the molecule is Cc1nn(CC(=O)NCc2ccc(OCCN(C)C)cc2)c(=O)c2ccccc12. The Hall–Kier alpha value is -3.19. The van der Waals surface area contributed by atoms with E-state index in [-0.39, 0.29) is 18.0 Å². The fourth-order valence-corrected chi connectivity index (χ4v) is 2.95. The fourth-order valence-electron chi connectivity index (χ4n) is 2.95. The third-order valence-electron chi connectivity index (χ3n) is 4.57. The molecule has 0 aliphatic heterocycles. The third-order valence-corrected chi connectivity index (χ3v) is 4.57. The van der Waals surface area contributed by atoms with Gasteiger partial charge >= 0.3 is 0 Å². The van der Waals surface area contributed by atoms with E-state index in [0.29, 0.717) is 18.5 Å². The highest BCUT2D eigenvalue weighted by Gasteiger charge is 2.10. The molecule has 2 aromatic carbocycles. The summed E-state index contributed by atoms with van der Waals surface area (Å²) in [4.78, 5) is 26.9. The minimum absolute atomic E-state index is 0.115. The van der Waals surface area contributed by atoms with Crippen molar-refractivity contribution in [1.82, 2.24) is 20.0 Å². The van der Waals surface area contributed by atoms with Crippen molar-refractivity contribution in [2.45, 2.75) is 20.0 Å². The fraction of sp³-hybridized carbons (Fsp3) is 0.318. The van der Waals surface area contributed by atoms with Gasteiger partial charge in [0.25, 0.3) is 5.56 Å². The molecule has 0 unspecified atom stereocenters. The number of benzene rings is 2. The van der Waals surface area contributed by atoms with Crippen LogP contribution in [-0.2, 0) is 17.9 Å². The molecule has 1 aromatic heterocycles. The molecular weight excluding hydrogens is 368 g/mol. The Morgan fingerprint density at radius 1 is 1.10 bits per heavy atom. The Balaban J connectivity index is 1.57. The summed E-state index contributed by atoms with van der Waals surface area (Å²) in [7, 11) is 4.00. The molecule has 3 aromatic rings. The molecule has 1 N–H and O–H groups in total. The van der Waals surface area contributed by atoms with Gasteiger partial charge in [0.1, 0.15) is 18.9 Å². The summed E-state index contributed by atoms with van der Waals surface area (Å²) in [6.07, 6.45) is 0. The van der Waals surface area contributed by atoms with Gasteiger partial charge in [-0.25, -0.2) is 4.68 Å². The number of aromatic nitrogens is 2. The van der Waals surface area contributed by atoms with E-state index in [9.17, 15) is 9.59 Å². The van der Waals surface area contributed by atoms with Gasteiger partial charge in [0.2, 0.25) is 5.91 Å². The van der Waals surface area contributed by atoms with Crippen LogP contribution < -0.4 is 15.6 Å². The molecule has 0 radical (unpaired) electrons. The molecule has 0 saturated heterocycles. The van der Waals surface area contributed by atoms with Crippen LogP contribution in [0.25, 0.3) is 10.8 Å². The largest absolute Gasteiger partial charge is 0.492 e. The van der Waals surface area contributed by atoms with Crippen LogP contribution in [0.15, 0.2) is 53.3 Å². The Morgan fingerprint density at radius 3 is 2.48 bits per heavy atom. The Morgan fingerprint density at radius 2 is 1.79 bits per heavy atom. The van der Waals surface area contributed by atoms with Crippen molar-refractivity contribution < 1.29 is 9.53 Å². The van der Waals surface area contributed by atoms with Crippen molar-refractivity contribution >= 4 is 16.7 Å². The molecule has 0 aliphatic rings. The Labute approximate surface area is 169 Å². The van der Waals surface area contributed by atoms with Gasteiger partial charge in [-0.05, 0) is 44.8 Å². The van der Waals surface area contributed by atoms with Crippen LogP contribution in [0.4, 0.5) is 0 Å². The first kappa shape index (κ1) is 20.5. The monoisotopic (exact) mass is 394 g/mol. The topological polar surface area (TPSA) is 76.5 Å². The maximum atomic E-state index is 12.6. The average Bonchev–Trinajstić information content (AvgIpc) is 2.71. The van der Waals surface area contributed by atoms with Crippen molar-refractivity contribution in [3.63, 3.8) is 0 Å². The zero-order chi connectivity index (χ0) is 20.8. The van der Waals surface area contributed by atoms with Gasteiger partial charge in [-0.3, -0.25) is 9.59 Å². The van der Waals surface area contributed by atoms with Gasteiger partial charge in [-0.2, -0.15) is 5.10 Å². The summed E-state index contributed by atoms with van der Waals surface area (Å²) in [5.74, 6) is 0.532. The first-order chi connectivity index (χ1) is 13.9. The number of carbonyl (C=O) groups is 1. The van der Waals surface area contributed by atoms with Crippen LogP contribution in [-0.4, -0.2) is 47.8 Å². The number of hydrogen-bond donors (Lipinski definition) is 1. The first-order valence-corrected chi connectivity index (χ1v) is 9.53. The smallest absolute Gasteiger partial charge is 0.275 e. The Kier molecular flexibility index (Phi) is 6.61. The van der Waals surface area contributed by atoms with Crippen molar-refractivity contribution in [3.8, 4) is 5.75 Å². The van der Waals surface area contributed by atoms with Gasteiger partial charge in [-0.1, -0.05) is 30.3 Å². The molecule has 1 amide bonds. The summed E-state index contributed by atoms with van der Waals surface area (Å²) >= 11 is 0. The molecule has 0 aliphatic carbocycles. The normalized spacial score (nSPS) is 11.0. The maximum Gasteiger partial charge on any atom is 0.275 e. The number of amides is 1. The highest BCUT2D eigenvalue weighted by atomic mass is 16.5. The molecule has 0 bridgehead atoms. The third kappa shape index (κ3) is 5.42. The minimum atomic E-state index is -0.263. The lowest BCUT2D eigenvalue weighted by Crippen LogP contribution is -2.33. The molecule has 152 valence electrons. The molecular formula is C22H26N4O3. The molecule has 7 heteroatoms. The van der Waals surface area contributed by atoms with E-state index >= 15 is 0 Å². The molecule has 7 nitrogen and oxygen atoms in total. The van der Waals surface area contributed by atoms with Crippen molar-refractivity contribution in [3.05, 3.63) is 70.1 Å². The zero-order valence-electron chi connectivity index (χ0n) is 17.0. The second-order valence-corrected chi connectivity index (χ2v) is 7.17. The highest BCUT2D eigenvalue weighted by Crippen LogP contribution is 2.13. The molecule has 0 spiro atoms. The highest BCUT2D eigenvalue weighted by molar-refractivity contribution is 5.83. The van der Waals surface area contributed by atoms with E-state index in [0.717, 1.165) is 28.9 Å². The zero-order valence-corrected chi connectivity index (χ0v) is 17.0. The minimum Gasteiger partial charge on any atom is -0.492 e. The van der Waals surface area contributed by atoms with Crippen LogP contribution in [0.1, 0.15) is 11.3 Å². The van der Waals surface area contributed by atoms with Crippen LogP contribution in [0.3, 0.4) is 0 Å². The standard InChI is InChI=1S/C22H26N4O3/c1-16-19-6-4-5-7-20(19)22(28)26(24-16)15-21(27)23-14-17-8-10-18(11-9-17)29-13-12-25(2)3/h4-11H,12-15H2,1-3H3,(H,23,27). The van der Waals surface area contributed by atoms with Gasteiger partial charge in [0, 0.05) is 18.5 Å². The van der Waals surface area contributed by atoms with Crippen LogP contribution >= 0.6 is 0 Å². The van der Waals surface area contributed by atoms with Crippen molar-refractivity contribution in [2.24, 2.45) is 0 Å². The Bertz CT molecular complexity index is 1040. The van der Waals surface area contributed by atoms with E-state index in [1.54, 1.807) is 6.07 Å². The number of nitrogens with zero attached hydrogens (tertiary/aromatic N) is 3. The summed E-state index contributed by atoms with van der Waals surface area (Å²) in [5, 5.41) is 8.48. The quantitative estimate of drug-likeness (QED) is 0.632. The van der Waals surface area contributed by atoms with E-state index in [1.807, 2.05) is 63.5 Å². The lowest BCUT2D eigenvalue weighted by molar-refractivity contribution is -0.122. The van der Waals surface area contributed by atoms with E-state index in [2.05, 4.69) is 15.3 Å². The van der Waals surface area contributed by atoms with Crippen molar-refractivity contribution in [1.29, 1.82) is 0 Å². The van der Waals surface area contributed by atoms with Crippen LogP contribution in [0.5, 0.6) is 5.75 Å². The first-order valence-electron chi connectivity index (χ1n) is 9.53. The molecule has 1 heterocycles. The van der Waals surface area contributed by atoms with Crippen LogP contribution in [0, 0.1) is 6.92 Å². The predicted octanol–water partition coefficient (Wildman–Crippen LogP) is 1.96. The number of aryl methyl sites for hydroxylation is 1. The molecule has 0 saturated carbocycles. The lowest BCUT2D eigenvalue weighted by atomic mass is 10.1. The van der Waals surface area contributed by atoms with E-state index in [1.165, 1.54) is 4.68 Å². The number of carbonyl (C=O) groups excluding carboxylic acids is 1. The summed E-state index contributed by atoms with van der Waals surface area (Å²) in [6, 6.07) is 14.9. The molecule has 29 heavy (non-hydrogen) atoms. The van der Waals surface area contributed by atoms with Gasteiger partial charge in [-0.15, -0.1) is 0 Å². The number of likely N-dealkylation sites (N-methyl/N-ethyl adjacent to an activating group) is 1. The van der Waals surface area contributed by atoms with Gasteiger partial charge in [0.15, 0.2) is 0 Å². The number of rotatable bonds is 8. The average molecular weight is 394 g/mol. The molecule has 0 atom stereocenters. The summed E-state index contributed by atoms with van der Waals surface area (Å²) in [5.41, 5.74) is 1.41. The van der Waals surface area contributed by atoms with Crippen LogP contribution in [0.2, 0.25) is 0 Å². The maximum absolute atomic E-state index is 12.6. The number of ether oxygens (including phenoxy) is 1. The summed E-state index contributed by atoms with van der Waals surface area (Å²) < 4.78 is 6.88. The van der Waals surface area contributed by atoms with Crippen molar-refractivity contribution in [2.75, 3.05) is 27.2 Å². The van der Waals surface area contributed by atoms with E-state index < -0.39 is 0 Å². The second kappa shape index (κ2) is 9.34. The number of hydrogen-bond acceptors (Lipinski definition) is 5. The predicted molar refractivity (Wildman–Crippen MR) is 113 cm³/mol. The van der Waals surface area contributed by atoms with E-state index in [4.69, 9.17) is 4.74 Å².